The Kier molecular flexibility index (Phi) is 6.73. The van der Waals surface area contributed by atoms with E-state index in [4.69, 9.17) is 9.47 Å². The first-order valence-corrected chi connectivity index (χ1v) is 9.03. The molecule has 1 rings (SSSR count). The second kappa shape index (κ2) is 7.57. The minimum Gasteiger partial charge on any atom is -0.381 e. The number of hydrogen-bond acceptors (Lipinski definition) is 5. The summed E-state index contributed by atoms with van der Waals surface area (Å²) in [4.78, 5) is 0. The Morgan fingerprint density at radius 3 is 2.47 bits per heavy atom. The predicted molar refractivity (Wildman–Crippen MR) is 76.2 cm³/mol. The maximum absolute atomic E-state index is 11.4. The van der Waals surface area contributed by atoms with Gasteiger partial charge in [-0.05, 0) is 19.4 Å². The van der Waals surface area contributed by atoms with Gasteiger partial charge in [0.15, 0.2) is 0 Å². The Balaban J connectivity index is 2.74. The molecule has 0 aliphatic carbocycles. The highest BCUT2D eigenvalue weighted by Gasteiger charge is 2.40. The number of sulfone groups is 1. The van der Waals surface area contributed by atoms with Crippen LogP contribution in [0.15, 0.2) is 0 Å². The standard InChI is InChI=1S/C13H27NO4S/c1-4-8-14-12(5-11-19(3,15)16)13(17-2)6-9-18-10-7-13/h12,14H,4-11H2,1-3H3. The van der Waals surface area contributed by atoms with Crippen molar-refractivity contribution in [3.05, 3.63) is 0 Å². The van der Waals surface area contributed by atoms with E-state index in [0.717, 1.165) is 25.8 Å². The molecule has 0 aromatic carbocycles. The van der Waals surface area contributed by atoms with Crippen LogP contribution in [-0.2, 0) is 19.3 Å². The molecule has 5 nitrogen and oxygen atoms in total. The molecule has 1 fully saturated rings. The summed E-state index contributed by atoms with van der Waals surface area (Å²) in [5.41, 5.74) is -0.294. The summed E-state index contributed by atoms with van der Waals surface area (Å²) in [5.74, 6) is 0.195. The van der Waals surface area contributed by atoms with Gasteiger partial charge < -0.3 is 14.8 Å². The average molecular weight is 293 g/mol. The molecule has 0 amide bonds. The summed E-state index contributed by atoms with van der Waals surface area (Å²) in [7, 11) is -1.23. The van der Waals surface area contributed by atoms with Gasteiger partial charge in [0.2, 0.25) is 0 Å². The van der Waals surface area contributed by atoms with E-state index in [0.29, 0.717) is 19.6 Å². The van der Waals surface area contributed by atoms with Gasteiger partial charge in [0, 0.05) is 45.5 Å². The second-order valence-electron chi connectivity index (χ2n) is 5.31. The monoisotopic (exact) mass is 293 g/mol. The molecule has 1 aliphatic heterocycles. The van der Waals surface area contributed by atoms with Crippen LogP contribution in [-0.4, -0.2) is 58.9 Å². The highest BCUT2D eigenvalue weighted by molar-refractivity contribution is 7.90. The lowest BCUT2D eigenvalue weighted by atomic mass is 9.84. The third-order valence-electron chi connectivity index (χ3n) is 3.80. The van der Waals surface area contributed by atoms with Gasteiger partial charge in [-0.3, -0.25) is 0 Å². The van der Waals surface area contributed by atoms with E-state index >= 15 is 0 Å². The molecule has 0 bridgehead atoms. The number of hydrogen-bond donors (Lipinski definition) is 1. The largest absolute Gasteiger partial charge is 0.381 e. The fourth-order valence-corrected chi connectivity index (χ4v) is 3.28. The quantitative estimate of drug-likeness (QED) is 0.723. The topological polar surface area (TPSA) is 64.6 Å². The molecular formula is C13H27NO4S. The smallest absolute Gasteiger partial charge is 0.147 e. The minimum absolute atomic E-state index is 0.0658. The normalized spacial score (nSPS) is 21.2. The molecule has 1 saturated heterocycles. The van der Waals surface area contributed by atoms with Crippen molar-refractivity contribution in [1.29, 1.82) is 0 Å². The van der Waals surface area contributed by atoms with Gasteiger partial charge in [-0.15, -0.1) is 0 Å². The molecule has 19 heavy (non-hydrogen) atoms. The van der Waals surface area contributed by atoms with Crippen LogP contribution in [0.2, 0.25) is 0 Å². The lowest BCUT2D eigenvalue weighted by molar-refractivity contribution is -0.110. The van der Waals surface area contributed by atoms with Crippen LogP contribution in [0.4, 0.5) is 0 Å². The van der Waals surface area contributed by atoms with Crippen molar-refractivity contribution in [2.75, 3.05) is 38.9 Å². The summed E-state index contributed by atoms with van der Waals surface area (Å²) in [6.07, 6.45) is 4.52. The van der Waals surface area contributed by atoms with Crippen LogP contribution >= 0.6 is 0 Å². The van der Waals surface area contributed by atoms with Crippen LogP contribution < -0.4 is 5.32 Å². The molecule has 1 atom stereocenters. The molecule has 0 spiro atoms. The van der Waals surface area contributed by atoms with Crippen molar-refractivity contribution in [3.63, 3.8) is 0 Å². The number of ether oxygens (including phenoxy) is 2. The van der Waals surface area contributed by atoms with E-state index in [1.807, 2.05) is 0 Å². The molecule has 1 unspecified atom stereocenters. The first kappa shape index (κ1) is 16.9. The number of rotatable bonds is 8. The highest BCUT2D eigenvalue weighted by Crippen LogP contribution is 2.30. The van der Waals surface area contributed by atoms with E-state index in [2.05, 4.69) is 12.2 Å². The molecule has 6 heteroatoms. The Hall–Kier alpha value is -0.170. The summed E-state index contributed by atoms with van der Waals surface area (Å²) in [5, 5.41) is 3.46. The summed E-state index contributed by atoms with van der Waals surface area (Å²) >= 11 is 0. The Labute approximate surface area is 117 Å². The van der Waals surface area contributed by atoms with Gasteiger partial charge in [0.05, 0.1) is 11.4 Å². The molecule has 0 aromatic heterocycles. The molecule has 0 saturated carbocycles. The molecule has 0 aromatic rings. The van der Waals surface area contributed by atoms with Crippen molar-refractivity contribution in [3.8, 4) is 0 Å². The van der Waals surface area contributed by atoms with E-state index in [9.17, 15) is 8.42 Å². The highest BCUT2D eigenvalue weighted by atomic mass is 32.2. The summed E-state index contributed by atoms with van der Waals surface area (Å²) in [6.45, 7) is 4.33. The van der Waals surface area contributed by atoms with Gasteiger partial charge in [0.1, 0.15) is 9.84 Å². The third kappa shape index (κ3) is 5.38. The number of methoxy groups -OCH3 is 1. The van der Waals surface area contributed by atoms with E-state index in [-0.39, 0.29) is 17.4 Å². The Morgan fingerprint density at radius 2 is 2.00 bits per heavy atom. The molecule has 114 valence electrons. The fourth-order valence-electron chi connectivity index (χ4n) is 2.61. The van der Waals surface area contributed by atoms with Crippen molar-refractivity contribution in [2.24, 2.45) is 0 Å². The zero-order valence-electron chi connectivity index (χ0n) is 12.3. The van der Waals surface area contributed by atoms with Crippen molar-refractivity contribution >= 4 is 9.84 Å². The SMILES string of the molecule is CCCNC(CCS(C)(=O)=O)C1(OC)CCOCC1. The first-order valence-electron chi connectivity index (χ1n) is 6.97. The van der Waals surface area contributed by atoms with Gasteiger partial charge in [-0.25, -0.2) is 8.42 Å². The molecule has 0 radical (unpaired) electrons. The number of nitrogens with one attached hydrogen (secondary N) is 1. The predicted octanol–water partition coefficient (Wildman–Crippen LogP) is 0.985. The first-order chi connectivity index (χ1) is 8.93. The van der Waals surface area contributed by atoms with E-state index in [1.54, 1.807) is 7.11 Å². The molecule has 1 aliphatic rings. The lowest BCUT2D eigenvalue weighted by Crippen LogP contribution is -2.55. The van der Waals surface area contributed by atoms with Crippen LogP contribution in [0.5, 0.6) is 0 Å². The molecule has 1 heterocycles. The lowest BCUT2D eigenvalue weighted by Gasteiger charge is -2.42. The fraction of sp³-hybridized carbons (Fsp3) is 1.00. The van der Waals surface area contributed by atoms with Crippen LogP contribution in [0.1, 0.15) is 32.6 Å². The second-order valence-corrected chi connectivity index (χ2v) is 7.57. The van der Waals surface area contributed by atoms with E-state index < -0.39 is 9.84 Å². The Bertz CT molecular complexity index is 350. The third-order valence-corrected chi connectivity index (χ3v) is 4.78. The van der Waals surface area contributed by atoms with E-state index in [1.165, 1.54) is 6.26 Å². The van der Waals surface area contributed by atoms with Crippen LogP contribution in [0.25, 0.3) is 0 Å². The summed E-state index contributed by atoms with van der Waals surface area (Å²) in [6, 6.07) is 0.0658. The minimum atomic E-state index is -2.94. The van der Waals surface area contributed by atoms with Gasteiger partial charge in [-0.1, -0.05) is 6.92 Å². The van der Waals surface area contributed by atoms with Crippen molar-refractivity contribution < 1.29 is 17.9 Å². The van der Waals surface area contributed by atoms with Crippen LogP contribution in [0.3, 0.4) is 0 Å². The van der Waals surface area contributed by atoms with Gasteiger partial charge >= 0.3 is 0 Å². The average Bonchev–Trinajstić information content (AvgIpc) is 2.38. The maximum atomic E-state index is 11.4. The molecular weight excluding hydrogens is 266 g/mol. The molecule has 1 N–H and O–H groups in total. The zero-order chi connectivity index (χ0) is 14.4. The van der Waals surface area contributed by atoms with Gasteiger partial charge in [-0.2, -0.15) is 0 Å². The Morgan fingerprint density at radius 1 is 1.37 bits per heavy atom. The van der Waals surface area contributed by atoms with Crippen molar-refractivity contribution in [1.82, 2.24) is 5.32 Å². The van der Waals surface area contributed by atoms with Crippen LogP contribution in [0, 0.1) is 0 Å². The van der Waals surface area contributed by atoms with Crippen molar-refractivity contribution in [2.45, 2.75) is 44.2 Å². The zero-order valence-corrected chi connectivity index (χ0v) is 13.1. The summed E-state index contributed by atoms with van der Waals surface area (Å²) < 4.78 is 33.9. The van der Waals surface area contributed by atoms with Gasteiger partial charge in [0.25, 0.3) is 0 Å². The maximum Gasteiger partial charge on any atom is 0.147 e.